The van der Waals surface area contributed by atoms with E-state index in [0.717, 1.165) is 11.1 Å². The number of hydrogen-bond donors (Lipinski definition) is 2. The van der Waals surface area contributed by atoms with E-state index in [2.05, 4.69) is 10.6 Å². The molecule has 3 amide bonds. The number of aryl methyl sites for hydroxylation is 2. The van der Waals surface area contributed by atoms with Gasteiger partial charge in [-0.1, -0.05) is 35.9 Å². The van der Waals surface area contributed by atoms with Crippen molar-refractivity contribution in [1.29, 1.82) is 0 Å². The highest BCUT2D eigenvalue weighted by atomic mass is 35.5. The highest BCUT2D eigenvalue weighted by Gasteiger charge is 2.42. The van der Waals surface area contributed by atoms with E-state index in [1.807, 2.05) is 32.0 Å². The molecule has 1 atom stereocenters. The summed E-state index contributed by atoms with van der Waals surface area (Å²) in [6, 6.07) is 11.5. The molecular weight excluding hydrogens is 406 g/mol. The van der Waals surface area contributed by atoms with Crippen LogP contribution in [0.4, 0.5) is 10.5 Å². The van der Waals surface area contributed by atoms with Gasteiger partial charge < -0.3 is 15.4 Å². The number of nitrogens with one attached hydrogen (secondary N) is 2. The van der Waals surface area contributed by atoms with Gasteiger partial charge in [0.15, 0.2) is 0 Å². The fourth-order valence-corrected chi connectivity index (χ4v) is 3.82. The number of rotatable bonds is 4. The second-order valence-corrected chi connectivity index (χ2v) is 7.76. The number of cyclic esters (lactones) is 1. The fourth-order valence-electron chi connectivity index (χ4n) is 3.62. The summed E-state index contributed by atoms with van der Waals surface area (Å²) >= 11 is 6.07. The maximum absolute atomic E-state index is 12.8. The number of anilines is 1. The monoisotopic (exact) mass is 425 g/mol. The molecule has 0 unspecified atom stereocenters. The smallest absolute Gasteiger partial charge is 0.338 e. The van der Waals surface area contributed by atoms with Crippen LogP contribution in [0, 0.1) is 13.8 Å². The zero-order valence-corrected chi connectivity index (χ0v) is 17.2. The number of nitrogens with zero attached hydrogens (tertiary/aromatic N) is 1. The van der Waals surface area contributed by atoms with Crippen molar-refractivity contribution in [1.82, 2.24) is 10.2 Å². The van der Waals surface area contributed by atoms with Gasteiger partial charge in [-0.15, -0.1) is 0 Å². The van der Waals surface area contributed by atoms with Crippen LogP contribution in [0.5, 0.6) is 0 Å². The molecule has 0 spiro atoms. The SMILES string of the molecule is Cc1ccc(C)c(NC(=O)CN2C(=O)N[C@@H](c3cccc(Cl)c3)C3=C2COC3=O)c1. The predicted molar refractivity (Wildman–Crippen MR) is 112 cm³/mol. The molecule has 0 saturated heterocycles. The van der Waals surface area contributed by atoms with E-state index in [9.17, 15) is 14.4 Å². The number of hydrogen-bond acceptors (Lipinski definition) is 4. The van der Waals surface area contributed by atoms with E-state index in [0.29, 0.717) is 27.5 Å². The lowest BCUT2D eigenvalue weighted by molar-refractivity contribution is -0.136. The van der Waals surface area contributed by atoms with Gasteiger partial charge in [-0.3, -0.25) is 9.69 Å². The highest BCUT2D eigenvalue weighted by molar-refractivity contribution is 6.30. The Kier molecular flexibility index (Phi) is 5.22. The van der Waals surface area contributed by atoms with E-state index in [4.69, 9.17) is 16.3 Å². The normalized spacial score (nSPS) is 18.1. The van der Waals surface area contributed by atoms with Crippen LogP contribution in [0.25, 0.3) is 0 Å². The molecule has 0 aliphatic carbocycles. The van der Waals surface area contributed by atoms with Crippen molar-refractivity contribution in [3.63, 3.8) is 0 Å². The van der Waals surface area contributed by atoms with Crippen LogP contribution in [0.15, 0.2) is 53.7 Å². The van der Waals surface area contributed by atoms with E-state index >= 15 is 0 Å². The lowest BCUT2D eigenvalue weighted by Crippen LogP contribution is -2.49. The average Bonchev–Trinajstić information content (AvgIpc) is 3.08. The van der Waals surface area contributed by atoms with Gasteiger partial charge >= 0.3 is 12.0 Å². The Morgan fingerprint density at radius 2 is 2.03 bits per heavy atom. The van der Waals surface area contributed by atoms with Crippen molar-refractivity contribution in [2.24, 2.45) is 0 Å². The fraction of sp³-hybridized carbons (Fsp3) is 0.227. The first kappa shape index (κ1) is 20.0. The molecule has 0 radical (unpaired) electrons. The number of amides is 3. The molecule has 0 saturated carbocycles. The van der Waals surface area contributed by atoms with Gasteiger partial charge in [-0.2, -0.15) is 0 Å². The summed E-state index contributed by atoms with van der Waals surface area (Å²) in [5.74, 6) is -0.888. The summed E-state index contributed by atoms with van der Waals surface area (Å²) in [4.78, 5) is 39.1. The van der Waals surface area contributed by atoms with Crippen LogP contribution >= 0.6 is 11.6 Å². The number of esters is 1. The van der Waals surface area contributed by atoms with Crippen molar-refractivity contribution in [3.05, 3.63) is 75.4 Å². The molecule has 30 heavy (non-hydrogen) atoms. The molecular formula is C22H20ClN3O4. The second-order valence-electron chi connectivity index (χ2n) is 7.33. The van der Waals surface area contributed by atoms with Crippen molar-refractivity contribution < 1.29 is 19.1 Å². The van der Waals surface area contributed by atoms with Gasteiger partial charge in [-0.25, -0.2) is 9.59 Å². The molecule has 7 nitrogen and oxygen atoms in total. The Bertz CT molecular complexity index is 1100. The molecule has 2 aromatic rings. The topological polar surface area (TPSA) is 87.7 Å². The third kappa shape index (κ3) is 3.76. The summed E-state index contributed by atoms with van der Waals surface area (Å²) in [6.45, 7) is 3.52. The van der Waals surface area contributed by atoms with Crippen LogP contribution in [0.1, 0.15) is 22.7 Å². The molecule has 2 aliphatic heterocycles. The molecule has 0 bridgehead atoms. The molecule has 154 valence electrons. The standard InChI is InChI=1S/C22H20ClN3O4/c1-12-6-7-13(2)16(8-12)24-18(27)10-26-17-11-30-21(28)19(17)20(25-22(26)29)14-4-3-5-15(23)9-14/h3-9,20H,10-11H2,1-2H3,(H,24,27)(H,25,29)/t20-/m0/s1. The molecule has 8 heteroatoms. The van der Waals surface area contributed by atoms with E-state index < -0.39 is 18.0 Å². The van der Waals surface area contributed by atoms with Crippen molar-refractivity contribution in [2.45, 2.75) is 19.9 Å². The van der Waals surface area contributed by atoms with E-state index in [1.165, 1.54) is 4.90 Å². The van der Waals surface area contributed by atoms with Gasteiger partial charge in [0.1, 0.15) is 13.2 Å². The Balaban J connectivity index is 1.60. The van der Waals surface area contributed by atoms with Gasteiger partial charge in [0, 0.05) is 10.7 Å². The number of carbonyl (C=O) groups is 3. The summed E-state index contributed by atoms with van der Waals surface area (Å²) in [6.07, 6.45) is 0. The Morgan fingerprint density at radius 3 is 2.80 bits per heavy atom. The zero-order valence-electron chi connectivity index (χ0n) is 16.5. The van der Waals surface area contributed by atoms with Gasteiger partial charge in [0.25, 0.3) is 0 Å². The van der Waals surface area contributed by atoms with E-state index in [1.54, 1.807) is 24.3 Å². The molecule has 2 aliphatic rings. The Morgan fingerprint density at radius 1 is 1.23 bits per heavy atom. The summed E-state index contributed by atoms with van der Waals surface area (Å²) in [5, 5.41) is 6.12. The Labute approximate surface area is 178 Å². The number of halogens is 1. The Hall–Kier alpha value is -3.32. The maximum atomic E-state index is 12.8. The summed E-state index contributed by atoms with van der Waals surface area (Å²) in [5.41, 5.74) is 3.98. The second kappa shape index (κ2) is 7.84. The maximum Gasteiger partial charge on any atom is 0.338 e. The number of carbonyl (C=O) groups excluding carboxylic acids is 3. The number of benzene rings is 2. The number of ether oxygens (including phenoxy) is 1. The zero-order chi connectivity index (χ0) is 21.4. The van der Waals surface area contributed by atoms with Gasteiger partial charge in [0.05, 0.1) is 17.3 Å². The van der Waals surface area contributed by atoms with Crippen molar-refractivity contribution in [3.8, 4) is 0 Å². The van der Waals surface area contributed by atoms with Crippen LogP contribution in [-0.2, 0) is 14.3 Å². The quantitative estimate of drug-likeness (QED) is 0.734. The van der Waals surface area contributed by atoms with Crippen molar-refractivity contribution in [2.75, 3.05) is 18.5 Å². The predicted octanol–water partition coefficient (Wildman–Crippen LogP) is 3.47. The lowest BCUT2D eigenvalue weighted by atomic mass is 9.96. The lowest BCUT2D eigenvalue weighted by Gasteiger charge is -2.32. The first-order valence-corrected chi connectivity index (χ1v) is 9.82. The van der Waals surface area contributed by atoms with Crippen LogP contribution in [0.3, 0.4) is 0 Å². The highest BCUT2D eigenvalue weighted by Crippen LogP contribution is 2.35. The van der Waals surface area contributed by atoms with Crippen LogP contribution in [0.2, 0.25) is 5.02 Å². The van der Waals surface area contributed by atoms with Crippen LogP contribution in [-0.4, -0.2) is 36.0 Å². The first-order chi connectivity index (χ1) is 14.3. The molecule has 2 N–H and O–H groups in total. The largest absolute Gasteiger partial charge is 0.456 e. The number of urea groups is 1. The first-order valence-electron chi connectivity index (χ1n) is 9.44. The van der Waals surface area contributed by atoms with E-state index in [-0.39, 0.29) is 19.1 Å². The summed E-state index contributed by atoms with van der Waals surface area (Å²) in [7, 11) is 0. The van der Waals surface area contributed by atoms with Crippen LogP contribution < -0.4 is 10.6 Å². The molecule has 2 aromatic carbocycles. The molecule has 0 aromatic heterocycles. The third-order valence-corrected chi connectivity index (χ3v) is 5.38. The average molecular weight is 426 g/mol. The van der Waals surface area contributed by atoms with Crippen molar-refractivity contribution >= 4 is 35.2 Å². The molecule has 4 rings (SSSR count). The molecule has 2 heterocycles. The minimum atomic E-state index is -0.681. The van der Waals surface area contributed by atoms with Gasteiger partial charge in [-0.05, 0) is 48.7 Å². The third-order valence-electron chi connectivity index (χ3n) is 5.15. The van der Waals surface area contributed by atoms with Gasteiger partial charge in [0.2, 0.25) is 5.91 Å². The minimum absolute atomic E-state index is 0.0601. The molecule has 0 fully saturated rings. The summed E-state index contributed by atoms with van der Waals surface area (Å²) < 4.78 is 5.18. The minimum Gasteiger partial charge on any atom is -0.456 e.